The largest absolute Gasteiger partial charge is 0.367 e. The van der Waals surface area contributed by atoms with Crippen molar-refractivity contribution in [2.45, 2.75) is 32.4 Å². The second kappa shape index (κ2) is 6.73. The fourth-order valence-electron chi connectivity index (χ4n) is 2.91. The Kier molecular flexibility index (Phi) is 5.25. The molecule has 2 rings (SSSR count). The predicted molar refractivity (Wildman–Crippen MR) is 85.6 cm³/mol. The Morgan fingerprint density at radius 1 is 1.37 bits per heavy atom. The van der Waals surface area contributed by atoms with Gasteiger partial charge in [0.05, 0.1) is 0 Å². The van der Waals surface area contributed by atoms with E-state index in [2.05, 4.69) is 57.9 Å². The van der Waals surface area contributed by atoms with Gasteiger partial charge in [0.25, 0.3) is 0 Å². The molecular formula is C15H24BrN3. The van der Waals surface area contributed by atoms with Gasteiger partial charge in [0.2, 0.25) is 0 Å². The summed E-state index contributed by atoms with van der Waals surface area (Å²) < 4.78 is 1.11. The maximum atomic E-state index is 5.92. The van der Waals surface area contributed by atoms with Gasteiger partial charge in [0.1, 0.15) is 0 Å². The first kappa shape index (κ1) is 14.8. The van der Waals surface area contributed by atoms with Gasteiger partial charge >= 0.3 is 0 Å². The number of anilines is 1. The van der Waals surface area contributed by atoms with E-state index in [9.17, 15) is 0 Å². The van der Waals surface area contributed by atoms with E-state index in [1.165, 1.54) is 30.6 Å². The molecule has 1 fully saturated rings. The highest BCUT2D eigenvalue weighted by molar-refractivity contribution is 9.10. The minimum absolute atomic E-state index is 0.582. The molecule has 4 heteroatoms. The van der Waals surface area contributed by atoms with Gasteiger partial charge < -0.3 is 15.5 Å². The van der Waals surface area contributed by atoms with Crippen molar-refractivity contribution >= 4 is 21.6 Å². The molecule has 1 unspecified atom stereocenters. The Morgan fingerprint density at radius 3 is 2.84 bits per heavy atom. The number of benzene rings is 1. The zero-order valence-corrected chi connectivity index (χ0v) is 13.5. The molecule has 1 aromatic rings. The maximum Gasteiger partial charge on any atom is 0.0415 e. The summed E-state index contributed by atoms with van der Waals surface area (Å²) in [5.41, 5.74) is 8.47. The smallest absolute Gasteiger partial charge is 0.0415 e. The number of hydrogen-bond donors (Lipinski definition) is 1. The van der Waals surface area contributed by atoms with Crippen molar-refractivity contribution in [3.63, 3.8) is 0 Å². The van der Waals surface area contributed by atoms with Crippen molar-refractivity contribution in [1.29, 1.82) is 0 Å². The number of likely N-dealkylation sites (N-methyl/N-ethyl adjacent to an activating group) is 1. The molecule has 1 heterocycles. The maximum absolute atomic E-state index is 5.92. The van der Waals surface area contributed by atoms with E-state index in [0.29, 0.717) is 12.6 Å². The van der Waals surface area contributed by atoms with Crippen LogP contribution in [0.4, 0.5) is 5.69 Å². The minimum Gasteiger partial charge on any atom is -0.367 e. The lowest BCUT2D eigenvalue weighted by Gasteiger charge is -2.33. The first-order valence-electron chi connectivity index (χ1n) is 7.09. The molecule has 0 saturated carbocycles. The molecule has 0 amide bonds. The molecule has 1 aromatic carbocycles. The van der Waals surface area contributed by atoms with E-state index in [1.807, 2.05) is 0 Å². The third-order valence-electron chi connectivity index (χ3n) is 3.94. The molecular weight excluding hydrogens is 302 g/mol. The summed E-state index contributed by atoms with van der Waals surface area (Å²) in [6.45, 7) is 6.31. The van der Waals surface area contributed by atoms with Gasteiger partial charge in [0.15, 0.2) is 0 Å². The number of nitrogens with two attached hydrogens (primary N) is 1. The molecule has 2 N–H and O–H groups in total. The molecule has 3 nitrogen and oxygen atoms in total. The highest BCUT2D eigenvalue weighted by Gasteiger charge is 2.23. The van der Waals surface area contributed by atoms with Crippen LogP contribution in [0.1, 0.15) is 25.3 Å². The predicted octanol–water partition coefficient (Wildman–Crippen LogP) is 2.83. The highest BCUT2D eigenvalue weighted by Crippen LogP contribution is 2.28. The first-order valence-corrected chi connectivity index (χ1v) is 7.88. The number of hydrogen-bond acceptors (Lipinski definition) is 3. The van der Waals surface area contributed by atoms with Crippen LogP contribution in [0.25, 0.3) is 0 Å². The monoisotopic (exact) mass is 325 g/mol. The molecule has 0 aromatic heterocycles. The van der Waals surface area contributed by atoms with E-state index in [0.717, 1.165) is 17.6 Å². The highest BCUT2D eigenvalue weighted by atomic mass is 79.9. The van der Waals surface area contributed by atoms with Crippen LogP contribution >= 0.6 is 15.9 Å². The van der Waals surface area contributed by atoms with E-state index >= 15 is 0 Å². The molecule has 1 saturated heterocycles. The second-order valence-corrected chi connectivity index (χ2v) is 6.26. The lowest BCUT2D eigenvalue weighted by Crippen LogP contribution is -2.40. The van der Waals surface area contributed by atoms with Gasteiger partial charge in [-0.25, -0.2) is 0 Å². The number of rotatable bonds is 3. The van der Waals surface area contributed by atoms with Crippen LogP contribution in [-0.2, 0) is 6.54 Å². The van der Waals surface area contributed by atoms with E-state index in [1.54, 1.807) is 0 Å². The lowest BCUT2D eigenvalue weighted by molar-refractivity contribution is 0.328. The first-order chi connectivity index (χ1) is 9.15. The van der Waals surface area contributed by atoms with Crippen LogP contribution < -0.4 is 10.6 Å². The summed E-state index contributed by atoms with van der Waals surface area (Å²) in [6.07, 6.45) is 2.39. The summed E-state index contributed by atoms with van der Waals surface area (Å²) in [4.78, 5) is 4.99. The van der Waals surface area contributed by atoms with Crippen LogP contribution in [0.5, 0.6) is 0 Å². The van der Waals surface area contributed by atoms with Crippen molar-refractivity contribution in [3.05, 3.63) is 28.2 Å². The third-order valence-corrected chi connectivity index (χ3v) is 4.44. The van der Waals surface area contributed by atoms with Crippen molar-refractivity contribution in [1.82, 2.24) is 4.90 Å². The Hall–Kier alpha value is -0.580. The molecule has 0 radical (unpaired) electrons. The molecule has 106 valence electrons. The Bertz CT molecular complexity index is 422. The average molecular weight is 326 g/mol. The fraction of sp³-hybridized carbons (Fsp3) is 0.600. The van der Waals surface area contributed by atoms with Gasteiger partial charge in [-0.1, -0.05) is 22.9 Å². The molecule has 19 heavy (non-hydrogen) atoms. The molecule has 1 aliphatic heterocycles. The van der Waals surface area contributed by atoms with Crippen molar-refractivity contribution in [2.24, 2.45) is 5.73 Å². The van der Waals surface area contributed by atoms with Crippen LogP contribution in [0.3, 0.4) is 0 Å². The van der Waals surface area contributed by atoms with Crippen LogP contribution in [-0.4, -0.2) is 37.6 Å². The standard InChI is InChI=1S/C15H24BrN3/c1-3-14-11-18(2)7-4-8-19(14)15-6-5-13(16)9-12(15)10-17/h5-6,9,14H,3-4,7-8,10-11,17H2,1-2H3. The van der Waals surface area contributed by atoms with Gasteiger partial charge in [0, 0.05) is 35.8 Å². The zero-order chi connectivity index (χ0) is 13.8. The fourth-order valence-corrected chi connectivity index (χ4v) is 3.32. The zero-order valence-electron chi connectivity index (χ0n) is 11.9. The summed E-state index contributed by atoms with van der Waals surface area (Å²) in [5.74, 6) is 0. The Labute approximate surface area is 124 Å². The van der Waals surface area contributed by atoms with Crippen molar-refractivity contribution < 1.29 is 0 Å². The SMILES string of the molecule is CCC1CN(C)CCCN1c1ccc(Br)cc1CN. The Morgan fingerprint density at radius 2 is 2.16 bits per heavy atom. The van der Waals surface area contributed by atoms with Crippen LogP contribution in [0.15, 0.2) is 22.7 Å². The van der Waals surface area contributed by atoms with Gasteiger partial charge in [-0.3, -0.25) is 0 Å². The van der Waals surface area contributed by atoms with E-state index < -0.39 is 0 Å². The normalized spacial score (nSPS) is 21.5. The summed E-state index contributed by atoms with van der Waals surface area (Å²) in [6, 6.07) is 7.06. The molecule has 1 atom stereocenters. The molecule has 0 spiro atoms. The number of nitrogens with zero attached hydrogens (tertiary/aromatic N) is 2. The summed E-state index contributed by atoms with van der Waals surface area (Å²) in [7, 11) is 2.22. The second-order valence-electron chi connectivity index (χ2n) is 5.35. The number of halogens is 1. The average Bonchev–Trinajstić information content (AvgIpc) is 2.60. The van der Waals surface area contributed by atoms with E-state index in [4.69, 9.17) is 5.73 Å². The van der Waals surface area contributed by atoms with Gasteiger partial charge in [-0.15, -0.1) is 0 Å². The third kappa shape index (κ3) is 3.50. The van der Waals surface area contributed by atoms with Gasteiger partial charge in [-0.2, -0.15) is 0 Å². The molecule has 1 aliphatic rings. The van der Waals surface area contributed by atoms with Crippen LogP contribution in [0, 0.1) is 0 Å². The molecule has 0 bridgehead atoms. The van der Waals surface area contributed by atoms with E-state index in [-0.39, 0.29) is 0 Å². The quantitative estimate of drug-likeness (QED) is 0.927. The van der Waals surface area contributed by atoms with Gasteiger partial charge in [-0.05, 0) is 50.2 Å². The van der Waals surface area contributed by atoms with Crippen molar-refractivity contribution in [3.8, 4) is 0 Å². The summed E-state index contributed by atoms with van der Waals surface area (Å²) >= 11 is 3.54. The lowest BCUT2D eigenvalue weighted by atomic mass is 10.1. The van der Waals surface area contributed by atoms with Crippen LogP contribution in [0.2, 0.25) is 0 Å². The topological polar surface area (TPSA) is 32.5 Å². The van der Waals surface area contributed by atoms with Crippen molar-refractivity contribution in [2.75, 3.05) is 31.6 Å². The minimum atomic E-state index is 0.582. The summed E-state index contributed by atoms with van der Waals surface area (Å²) in [5, 5.41) is 0. The Balaban J connectivity index is 2.32. The molecule has 0 aliphatic carbocycles.